The minimum Gasteiger partial charge on any atom is -0.507 e. The van der Waals surface area contributed by atoms with E-state index in [9.17, 15) is 14.7 Å². The van der Waals surface area contributed by atoms with Crippen LogP contribution in [0.25, 0.3) is 11.0 Å². The number of rotatable bonds is 5. The molecule has 26 heavy (non-hydrogen) atoms. The first-order valence-corrected chi connectivity index (χ1v) is 8.00. The van der Waals surface area contributed by atoms with Crippen molar-refractivity contribution in [1.82, 2.24) is 0 Å². The van der Waals surface area contributed by atoms with E-state index < -0.39 is 17.5 Å². The van der Waals surface area contributed by atoms with E-state index in [1.165, 1.54) is 7.11 Å². The number of para-hydroxylation sites is 1. The lowest BCUT2D eigenvalue weighted by atomic mass is 9.88. The highest BCUT2D eigenvalue weighted by atomic mass is 16.5. The predicted octanol–water partition coefficient (Wildman–Crippen LogP) is 3.20. The van der Waals surface area contributed by atoms with Crippen LogP contribution in [0.3, 0.4) is 0 Å². The highest BCUT2D eigenvalue weighted by Crippen LogP contribution is 2.36. The van der Waals surface area contributed by atoms with E-state index in [0.717, 1.165) is 0 Å². The first kappa shape index (κ1) is 17.5. The molecule has 2 aromatic carbocycles. The monoisotopic (exact) mass is 354 g/mol. The van der Waals surface area contributed by atoms with Gasteiger partial charge >= 0.3 is 11.6 Å². The van der Waals surface area contributed by atoms with Gasteiger partial charge in [-0.05, 0) is 29.8 Å². The first-order chi connectivity index (χ1) is 12.5. The molecule has 0 radical (unpaired) electrons. The summed E-state index contributed by atoms with van der Waals surface area (Å²) in [5.41, 5.74) is 0.282. The van der Waals surface area contributed by atoms with Gasteiger partial charge < -0.3 is 19.0 Å². The van der Waals surface area contributed by atoms with Gasteiger partial charge in [-0.25, -0.2) is 4.79 Å². The van der Waals surface area contributed by atoms with E-state index in [4.69, 9.17) is 13.9 Å². The van der Waals surface area contributed by atoms with Gasteiger partial charge in [-0.1, -0.05) is 24.3 Å². The molecule has 1 N–H and O–H groups in total. The van der Waals surface area contributed by atoms with Crippen molar-refractivity contribution >= 4 is 16.9 Å². The quantitative estimate of drug-likeness (QED) is 0.559. The van der Waals surface area contributed by atoms with Gasteiger partial charge in [0.1, 0.15) is 17.1 Å². The van der Waals surface area contributed by atoms with Crippen LogP contribution in [0.5, 0.6) is 11.5 Å². The topological polar surface area (TPSA) is 86.0 Å². The summed E-state index contributed by atoms with van der Waals surface area (Å²) in [6.07, 6.45) is -0.112. The van der Waals surface area contributed by atoms with E-state index in [1.807, 2.05) is 0 Å². The number of hydrogen-bond donors (Lipinski definition) is 1. The maximum Gasteiger partial charge on any atom is 0.343 e. The molecule has 3 rings (SSSR count). The second-order valence-electron chi connectivity index (χ2n) is 5.75. The van der Waals surface area contributed by atoms with Crippen LogP contribution in [0, 0.1) is 0 Å². The van der Waals surface area contributed by atoms with Crippen molar-refractivity contribution in [2.75, 3.05) is 14.2 Å². The maximum absolute atomic E-state index is 12.6. The molecule has 1 heterocycles. The van der Waals surface area contributed by atoms with Crippen molar-refractivity contribution in [2.45, 2.75) is 12.3 Å². The Morgan fingerprint density at radius 3 is 2.46 bits per heavy atom. The third kappa shape index (κ3) is 3.26. The molecule has 1 atom stereocenters. The molecular weight excluding hydrogens is 336 g/mol. The minimum absolute atomic E-state index is 0.0271. The zero-order valence-corrected chi connectivity index (χ0v) is 14.4. The van der Waals surface area contributed by atoms with Gasteiger partial charge in [-0.3, -0.25) is 4.79 Å². The van der Waals surface area contributed by atoms with Crippen molar-refractivity contribution in [2.24, 2.45) is 0 Å². The van der Waals surface area contributed by atoms with Gasteiger partial charge in [0.25, 0.3) is 0 Å². The number of aromatic hydroxyl groups is 1. The lowest BCUT2D eigenvalue weighted by molar-refractivity contribution is -0.140. The second-order valence-corrected chi connectivity index (χ2v) is 5.75. The number of carbonyl (C=O) groups excluding carboxylic acids is 1. The number of methoxy groups -OCH3 is 2. The smallest absolute Gasteiger partial charge is 0.343 e. The van der Waals surface area contributed by atoms with Crippen molar-refractivity contribution in [3.8, 4) is 11.5 Å². The van der Waals surface area contributed by atoms with Gasteiger partial charge in [0.05, 0.1) is 31.6 Å². The Morgan fingerprint density at radius 2 is 1.81 bits per heavy atom. The van der Waals surface area contributed by atoms with E-state index >= 15 is 0 Å². The Morgan fingerprint density at radius 1 is 1.12 bits per heavy atom. The molecule has 0 saturated heterocycles. The fourth-order valence-corrected chi connectivity index (χ4v) is 2.93. The highest BCUT2D eigenvalue weighted by molar-refractivity contribution is 5.84. The molecule has 0 aliphatic carbocycles. The first-order valence-electron chi connectivity index (χ1n) is 8.00. The fraction of sp³-hybridized carbons (Fsp3) is 0.200. The molecule has 1 aromatic heterocycles. The Balaban J connectivity index is 2.19. The minimum atomic E-state index is -0.714. The van der Waals surface area contributed by atoms with Crippen LogP contribution in [0.1, 0.15) is 23.5 Å². The van der Waals surface area contributed by atoms with Gasteiger partial charge in [0.15, 0.2) is 0 Å². The molecule has 0 fully saturated rings. The summed E-state index contributed by atoms with van der Waals surface area (Å²) < 4.78 is 15.2. The van der Waals surface area contributed by atoms with Crippen LogP contribution in [0.2, 0.25) is 0 Å². The molecular formula is C20H18O6. The average molecular weight is 354 g/mol. The van der Waals surface area contributed by atoms with Crippen LogP contribution in [0.15, 0.2) is 57.7 Å². The molecule has 0 amide bonds. The lowest BCUT2D eigenvalue weighted by Crippen LogP contribution is -2.18. The van der Waals surface area contributed by atoms with Gasteiger partial charge in [-0.2, -0.15) is 0 Å². The van der Waals surface area contributed by atoms with E-state index in [0.29, 0.717) is 16.7 Å². The fourth-order valence-electron chi connectivity index (χ4n) is 2.93. The summed E-state index contributed by atoms with van der Waals surface area (Å²) in [6, 6.07) is 13.6. The van der Waals surface area contributed by atoms with Crippen LogP contribution in [-0.2, 0) is 9.53 Å². The summed E-state index contributed by atoms with van der Waals surface area (Å²) in [4.78, 5) is 24.5. The normalized spacial score (nSPS) is 11.9. The van der Waals surface area contributed by atoms with Gasteiger partial charge in [0.2, 0.25) is 0 Å². The zero-order chi connectivity index (χ0) is 18.7. The summed E-state index contributed by atoms with van der Waals surface area (Å²) in [6.45, 7) is 0. The summed E-state index contributed by atoms with van der Waals surface area (Å²) >= 11 is 0. The molecule has 134 valence electrons. The lowest BCUT2D eigenvalue weighted by Gasteiger charge is -2.18. The van der Waals surface area contributed by atoms with E-state index in [-0.39, 0.29) is 23.3 Å². The standard InChI is InChI=1S/C20H18O6/c1-24-13-9-7-12(8-10-13)15(11-17(21)25-2)18-19(22)14-5-3-4-6-16(14)26-20(18)23/h3-10,15,22H,11H2,1-2H3. The molecule has 3 aromatic rings. The van der Waals surface area contributed by atoms with Crippen molar-refractivity contribution in [1.29, 1.82) is 0 Å². The molecule has 0 bridgehead atoms. The third-order valence-electron chi connectivity index (χ3n) is 4.28. The largest absolute Gasteiger partial charge is 0.507 e. The molecule has 0 spiro atoms. The molecule has 0 saturated carbocycles. The van der Waals surface area contributed by atoms with E-state index in [1.54, 1.807) is 55.6 Å². The van der Waals surface area contributed by atoms with Crippen LogP contribution in [-0.4, -0.2) is 25.3 Å². The number of ether oxygens (including phenoxy) is 2. The second kappa shape index (κ2) is 7.31. The molecule has 0 aliphatic heterocycles. The highest BCUT2D eigenvalue weighted by Gasteiger charge is 2.27. The summed E-state index contributed by atoms with van der Waals surface area (Å²) in [5, 5.41) is 11.1. The third-order valence-corrected chi connectivity index (χ3v) is 4.28. The molecule has 1 unspecified atom stereocenters. The number of benzene rings is 2. The number of hydrogen-bond acceptors (Lipinski definition) is 6. The molecule has 6 heteroatoms. The van der Waals surface area contributed by atoms with Crippen LogP contribution in [0.4, 0.5) is 0 Å². The zero-order valence-electron chi connectivity index (χ0n) is 14.4. The Kier molecular flexibility index (Phi) is 4.93. The van der Waals surface area contributed by atoms with Crippen molar-refractivity contribution in [3.05, 3.63) is 70.1 Å². The van der Waals surface area contributed by atoms with E-state index in [2.05, 4.69) is 0 Å². The van der Waals surface area contributed by atoms with Crippen molar-refractivity contribution in [3.63, 3.8) is 0 Å². The number of esters is 1. The predicted molar refractivity (Wildman–Crippen MR) is 95.6 cm³/mol. The van der Waals surface area contributed by atoms with Crippen LogP contribution >= 0.6 is 0 Å². The number of fused-ring (bicyclic) bond motifs is 1. The average Bonchev–Trinajstić information content (AvgIpc) is 2.67. The summed E-state index contributed by atoms with van der Waals surface area (Å²) in [7, 11) is 2.82. The van der Waals surface area contributed by atoms with Crippen molar-refractivity contribution < 1.29 is 23.8 Å². The summed E-state index contributed by atoms with van der Waals surface area (Å²) in [5.74, 6) is -0.770. The number of carbonyl (C=O) groups is 1. The Bertz CT molecular complexity index is 987. The Hall–Kier alpha value is -3.28. The van der Waals surface area contributed by atoms with Gasteiger partial charge in [0, 0.05) is 5.92 Å². The van der Waals surface area contributed by atoms with Crippen LogP contribution < -0.4 is 10.4 Å². The van der Waals surface area contributed by atoms with Gasteiger partial charge in [-0.15, -0.1) is 0 Å². The molecule has 0 aliphatic rings. The SMILES string of the molecule is COC(=O)CC(c1ccc(OC)cc1)c1c(O)c2ccccc2oc1=O. The maximum atomic E-state index is 12.6. The molecule has 6 nitrogen and oxygen atoms in total. The Labute approximate surface area is 149 Å².